The fraction of sp³-hybridized carbons (Fsp3) is 0.200. The summed E-state index contributed by atoms with van der Waals surface area (Å²) in [4.78, 5) is -0.741. The molecule has 0 radical (unpaired) electrons. The first-order valence-corrected chi connectivity index (χ1v) is 10.1. The van der Waals surface area contributed by atoms with Crippen molar-refractivity contribution < 1.29 is 30.0 Å². The molecular weight excluding hydrogens is 393 g/mol. The van der Waals surface area contributed by atoms with E-state index in [1.165, 1.54) is 26.1 Å². The van der Waals surface area contributed by atoms with Crippen LogP contribution >= 0.6 is 0 Å². The van der Waals surface area contributed by atoms with Gasteiger partial charge in [0.2, 0.25) is 10.0 Å². The Hall–Kier alpha value is -2.11. The van der Waals surface area contributed by atoms with E-state index < -0.39 is 36.7 Å². The SMILES string of the molecule is CNS(=O)(=O)c1cc(NS(=O)(=O)c2cccc(C(F)(F)F)c2)ccc1C. The number of sulfonamides is 2. The van der Waals surface area contributed by atoms with Gasteiger partial charge in [-0.05, 0) is 49.9 Å². The summed E-state index contributed by atoms with van der Waals surface area (Å²) >= 11 is 0. The summed E-state index contributed by atoms with van der Waals surface area (Å²) < 4.78 is 91.1. The lowest BCUT2D eigenvalue weighted by atomic mass is 10.2. The maximum absolute atomic E-state index is 12.8. The van der Waals surface area contributed by atoms with Gasteiger partial charge in [0, 0.05) is 0 Å². The van der Waals surface area contributed by atoms with E-state index in [2.05, 4.69) is 9.44 Å². The Bertz CT molecular complexity index is 1030. The Kier molecular flexibility index (Phi) is 5.36. The standard InChI is InChI=1S/C15H15F3N2O4S2/c1-10-6-7-12(9-14(10)26(23,24)19-2)20-25(21,22)13-5-3-4-11(8-13)15(16,17)18/h3-9,19-20H,1-2H3. The quantitative estimate of drug-likeness (QED) is 0.796. The van der Waals surface area contributed by atoms with Crippen LogP contribution < -0.4 is 9.44 Å². The average Bonchev–Trinajstić information content (AvgIpc) is 2.55. The van der Waals surface area contributed by atoms with Crippen LogP contribution in [0.25, 0.3) is 0 Å². The molecule has 0 aliphatic heterocycles. The van der Waals surface area contributed by atoms with Crippen molar-refractivity contribution in [3.8, 4) is 0 Å². The third-order valence-corrected chi connectivity index (χ3v) is 6.41. The first-order valence-electron chi connectivity index (χ1n) is 7.11. The highest BCUT2D eigenvalue weighted by atomic mass is 32.2. The Morgan fingerprint density at radius 2 is 1.58 bits per heavy atom. The molecule has 11 heteroatoms. The van der Waals surface area contributed by atoms with E-state index in [0.29, 0.717) is 11.6 Å². The van der Waals surface area contributed by atoms with Gasteiger partial charge in [-0.25, -0.2) is 21.6 Å². The zero-order valence-electron chi connectivity index (χ0n) is 13.6. The molecule has 26 heavy (non-hydrogen) atoms. The molecule has 0 spiro atoms. The van der Waals surface area contributed by atoms with Crippen molar-refractivity contribution in [2.75, 3.05) is 11.8 Å². The molecule has 2 N–H and O–H groups in total. The monoisotopic (exact) mass is 408 g/mol. The van der Waals surface area contributed by atoms with E-state index >= 15 is 0 Å². The fourth-order valence-corrected chi connectivity index (χ4v) is 4.21. The summed E-state index contributed by atoms with van der Waals surface area (Å²) in [5.74, 6) is 0. The minimum Gasteiger partial charge on any atom is -0.280 e. The fourth-order valence-electron chi connectivity index (χ4n) is 2.12. The molecule has 2 rings (SSSR count). The molecule has 2 aromatic carbocycles. The van der Waals surface area contributed by atoms with Crippen LogP contribution in [0.3, 0.4) is 0 Å². The largest absolute Gasteiger partial charge is 0.416 e. The van der Waals surface area contributed by atoms with Gasteiger partial charge in [-0.15, -0.1) is 0 Å². The third-order valence-electron chi connectivity index (χ3n) is 3.47. The van der Waals surface area contributed by atoms with Crippen molar-refractivity contribution in [2.24, 2.45) is 0 Å². The first kappa shape index (κ1) is 20.2. The van der Waals surface area contributed by atoms with Crippen LogP contribution in [0.15, 0.2) is 52.3 Å². The van der Waals surface area contributed by atoms with Crippen molar-refractivity contribution in [2.45, 2.75) is 22.9 Å². The van der Waals surface area contributed by atoms with E-state index in [9.17, 15) is 30.0 Å². The molecule has 0 saturated carbocycles. The molecular formula is C15H15F3N2O4S2. The van der Waals surface area contributed by atoms with Gasteiger partial charge in [-0.1, -0.05) is 12.1 Å². The van der Waals surface area contributed by atoms with Crippen molar-refractivity contribution in [3.05, 3.63) is 53.6 Å². The average molecular weight is 408 g/mol. The highest BCUT2D eigenvalue weighted by molar-refractivity contribution is 7.92. The van der Waals surface area contributed by atoms with Crippen LogP contribution in [0.2, 0.25) is 0 Å². The lowest BCUT2D eigenvalue weighted by Gasteiger charge is -2.13. The topological polar surface area (TPSA) is 92.3 Å². The summed E-state index contributed by atoms with van der Waals surface area (Å²) in [6.45, 7) is 1.52. The van der Waals surface area contributed by atoms with Crippen LogP contribution in [0.1, 0.15) is 11.1 Å². The maximum Gasteiger partial charge on any atom is 0.416 e. The van der Waals surface area contributed by atoms with Gasteiger partial charge >= 0.3 is 6.18 Å². The number of nitrogens with one attached hydrogen (secondary N) is 2. The van der Waals surface area contributed by atoms with Gasteiger partial charge in [-0.3, -0.25) is 4.72 Å². The molecule has 0 amide bonds. The van der Waals surface area contributed by atoms with Crippen LogP contribution in [0.4, 0.5) is 18.9 Å². The predicted octanol–water partition coefficient (Wildman–Crippen LogP) is 2.72. The van der Waals surface area contributed by atoms with E-state index in [1.54, 1.807) is 0 Å². The molecule has 0 aliphatic carbocycles. The second-order valence-electron chi connectivity index (χ2n) is 5.32. The zero-order chi connectivity index (χ0) is 19.8. The molecule has 0 heterocycles. The second-order valence-corrected chi connectivity index (χ2v) is 8.86. The van der Waals surface area contributed by atoms with Crippen molar-refractivity contribution >= 4 is 25.7 Å². The van der Waals surface area contributed by atoms with Gasteiger partial charge < -0.3 is 0 Å². The number of anilines is 1. The molecule has 2 aromatic rings. The van der Waals surface area contributed by atoms with Crippen molar-refractivity contribution in [1.82, 2.24) is 4.72 Å². The summed E-state index contributed by atoms with van der Waals surface area (Å²) in [6, 6.07) is 7.03. The second kappa shape index (κ2) is 6.89. The van der Waals surface area contributed by atoms with Crippen LogP contribution in [-0.2, 0) is 26.2 Å². The first-order chi connectivity index (χ1) is 11.9. The lowest BCUT2D eigenvalue weighted by molar-refractivity contribution is -0.137. The Morgan fingerprint density at radius 1 is 0.923 bits per heavy atom. The molecule has 6 nitrogen and oxygen atoms in total. The predicted molar refractivity (Wildman–Crippen MR) is 89.7 cm³/mol. The zero-order valence-corrected chi connectivity index (χ0v) is 15.3. The van der Waals surface area contributed by atoms with Crippen LogP contribution in [-0.4, -0.2) is 23.9 Å². The molecule has 142 valence electrons. The van der Waals surface area contributed by atoms with E-state index in [-0.39, 0.29) is 10.6 Å². The number of rotatable bonds is 5. The van der Waals surface area contributed by atoms with Gasteiger partial charge in [0.1, 0.15) is 0 Å². The highest BCUT2D eigenvalue weighted by Gasteiger charge is 2.31. The molecule has 0 atom stereocenters. The Morgan fingerprint density at radius 3 is 2.15 bits per heavy atom. The number of halogens is 3. The van der Waals surface area contributed by atoms with Gasteiger partial charge in [-0.2, -0.15) is 13.2 Å². The highest BCUT2D eigenvalue weighted by Crippen LogP contribution is 2.31. The molecule has 0 fully saturated rings. The van der Waals surface area contributed by atoms with Gasteiger partial charge in [0.25, 0.3) is 10.0 Å². The van der Waals surface area contributed by atoms with Gasteiger partial charge in [0.05, 0.1) is 21.0 Å². The Balaban J connectivity index is 2.44. The van der Waals surface area contributed by atoms with Crippen LogP contribution in [0, 0.1) is 6.92 Å². The number of hydrogen-bond acceptors (Lipinski definition) is 4. The van der Waals surface area contributed by atoms with E-state index in [4.69, 9.17) is 0 Å². The molecule has 0 aliphatic rings. The lowest BCUT2D eigenvalue weighted by Crippen LogP contribution is -2.20. The van der Waals surface area contributed by atoms with Crippen molar-refractivity contribution in [1.29, 1.82) is 0 Å². The van der Waals surface area contributed by atoms with Crippen LogP contribution in [0.5, 0.6) is 0 Å². The normalized spacial score (nSPS) is 12.8. The van der Waals surface area contributed by atoms with Crippen molar-refractivity contribution in [3.63, 3.8) is 0 Å². The van der Waals surface area contributed by atoms with E-state index in [0.717, 1.165) is 24.3 Å². The summed E-state index contributed by atoms with van der Waals surface area (Å²) in [7, 11) is -6.97. The Labute approximate surface area is 149 Å². The molecule has 0 aromatic heterocycles. The number of benzene rings is 2. The number of aryl methyl sites for hydroxylation is 1. The minimum absolute atomic E-state index is 0.0955. The minimum atomic E-state index is -4.69. The smallest absolute Gasteiger partial charge is 0.280 e. The maximum atomic E-state index is 12.8. The number of hydrogen-bond donors (Lipinski definition) is 2. The summed E-state index contributed by atoms with van der Waals surface area (Å²) in [5, 5.41) is 0. The number of alkyl halides is 3. The molecule has 0 unspecified atom stereocenters. The van der Waals surface area contributed by atoms with Gasteiger partial charge in [0.15, 0.2) is 0 Å². The molecule has 0 bridgehead atoms. The van der Waals surface area contributed by atoms with E-state index in [1.807, 2.05) is 0 Å². The summed E-state index contributed by atoms with van der Waals surface area (Å²) in [5.41, 5.74) is -0.828. The summed E-state index contributed by atoms with van der Waals surface area (Å²) in [6.07, 6.45) is -4.69. The third kappa shape index (κ3) is 4.34. The molecule has 0 saturated heterocycles.